The highest BCUT2D eigenvalue weighted by atomic mass is 16.5. The number of likely N-dealkylation sites (tertiary alicyclic amines) is 2. The van der Waals surface area contributed by atoms with E-state index in [4.69, 9.17) is 19.4 Å². The van der Waals surface area contributed by atoms with Crippen molar-refractivity contribution in [1.29, 1.82) is 0 Å². The first kappa shape index (κ1) is 42.0. The number of nitrogens with zero attached hydrogens (tertiary/aromatic N) is 4. The van der Waals surface area contributed by atoms with E-state index in [-0.39, 0.29) is 41.1 Å². The Hall–Kier alpha value is -5.66. The number of imidazole rings is 2. The summed E-state index contributed by atoms with van der Waals surface area (Å²) in [7, 11) is 2.61. The van der Waals surface area contributed by atoms with Gasteiger partial charge in [0, 0.05) is 18.7 Å². The normalized spacial score (nSPS) is 20.3. The van der Waals surface area contributed by atoms with Crippen molar-refractivity contribution in [1.82, 2.24) is 40.4 Å². The van der Waals surface area contributed by atoms with Crippen molar-refractivity contribution >= 4 is 24.0 Å². The summed E-state index contributed by atoms with van der Waals surface area (Å²) in [6, 6.07) is 11.4. The van der Waals surface area contributed by atoms with Crippen molar-refractivity contribution in [2.24, 2.45) is 11.8 Å². The molecular weight excluding hydrogens is 773 g/mol. The Labute approximate surface area is 358 Å². The van der Waals surface area contributed by atoms with E-state index in [2.05, 4.69) is 57.0 Å². The van der Waals surface area contributed by atoms with Gasteiger partial charge < -0.3 is 39.9 Å². The van der Waals surface area contributed by atoms with E-state index in [0.29, 0.717) is 13.1 Å². The molecule has 0 radical (unpaired) electrons. The lowest BCUT2D eigenvalue weighted by Gasteiger charge is -2.30. The molecule has 4 atom stereocenters. The molecule has 2 aliphatic carbocycles. The number of carbonyl (C=O) groups excluding carboxylic acids is 4. The van der Waals surface area contributed by atoms with E-state index in [9.17, 15) is 19.2 Å². The van der Waals surface area contributed by atoms with Crippen molar-refractivity contribution in [3.63, 3.8) is 0 Å². The fourth-order valence-electron chi connectivity index (χ4n) is 10.6. The predicted molar refractivity (Wildman–Crippen MR) is 231 cm³/mol. The number of carbonyl (C=O) groups is 4. The van der Waals surface area contributed by atoms with Crippen LogP contribution >= 0.6 is 0 Å². The van der Waals surface area contributed by atoms with E-state index in [0.717, 1.165) is 72.7 Å². The van der Waals surface area contributed by atoms with Gasteiger partial charge in [0.05, 0.1) is 50.1 Å². The fraction of sp³-hybridized carbons (Fsp3) is 0.532. The topological polar surface area (TPSA) is 175 Å². The third-order valence-electron chi connectivity index (χ3n) is 13.7. The van der Waals surface area contributed by atoms with Gasteiger partial charge in [-0.05, 0) is 96.4 Å². The largest absolute Gasteiger partial charge is 0.453 e. The maximum atomic E-state index is 13.8. The van der Waals surface area contributed by atoms with Gasteiger partial charge in [-0.25, -0.2) is 19.6 Å². The first-order valence-corrected chi connectivity index (χ1v) is 22.1. The van der Waals surface area contributed by atoms with Gasteiger partial charge in [0.25, 0.3) is 0 Å². The van der Waals surface area contributed by atoms with Gasteiger partial charge in [0.15, 0.2) is 0 Å². The summed E-state index contributed by atoms with van der Waals surface area (Å²) in [5, 5.41) is 5.47. The first-order valence-electron chi connectivity index (χ1n) is 22.1. The van der Waals surface area contributed by atoms with Crippen molar-refractivity contribution in [2.45, 2.75) is 121 Å². The molecule has 3 fully saturated rings. The van der Waals surface area contributed by atoms with Crippen molar-refractivity contribution in [2.75, 3.05) is 27.3 Å². The molecule has 4 unspecified atom stereocenters. The highest BCUT2D eigenvalue weighted by Gasteiger charge is 2.44. The maximum absolute atomic E-state index is 13.8. The summed E-state index contributed by atoms with van der Waals surface area (Å²) in [5.41, 5.74) is 9.48. The highest BCUT2D eigenvalue weighted by Crippen LogP contribution is 2.55. The number of ether oxygens (including phenoxy) is 2. The van der Waals surface area contributed by atoms with Crippen LogP contribution in [0.2, 0.25) is 0 Å². The number of hydrogen-bond donors (Lipinski definition) is 4. The summed E-state index contributed by atoms with van der Waals surface area (Å²) in [5.74, 6) is 1.06. The summed E-state index contributed by atoms with van der Waals surface area (Å²) in [6.45, 7) is 8.89. The van der Waals surface area contributed by atoms with E-state index >= 15 is 0 Å². The average Bonchev–Trinajstić information content (AvgIpc) is 4.13. The Morgan fingerprint density at radius 2 is 1.16 bits per heavy atom. The summed E-state index contributed by atoms with van der Waals surface area (Å²) >= 11 is 0. The zero-order valence-electron chi connectivity index (χ0n) is 36.3. The molecule has 0 bridgehead atoms. The van der Waals surface area contributed by atoms with Crippen LogP contribution in [0, 0.1) is 11.8 Å². The van der Waals surface area contributed by atoms with Crippen LogP contribution in [0.1, 0.15) is 120 Å². The van der Waals surface area contributed by atoms with Crippen molar-refractivity contribution in [3.8, 4) is 33.6 Å². The number of hydrogen-bond acceptors (Lipinski definition) is 8. The monoisotopic (exact) mass is 832 g/mol. The lowest BCUT2D eigenvalue weighted by molar-refractivity contribution is -0.136. The van der Waals surface area contributed by atoms with Crippen LogP contribution in [0.4, 0.5) is 9.59 Å². The number of fused-ring (bicyclic) bond motifs is 2. The van der Waals surface area contributed by atoms with Crippen LogP contribution in [0.15, 0.2) is 48.8 Å². The Kier molecular flexibility index (Phi) is 12.0. The van der Waals surface area contributed by atoms with E-state index < -0.39 is 24.3 Å². The lowest BCUT2D eigenvalue weighted by Crippen LogP contribution is -2.51. The van der Waals surface area contributed by atoms with Crippen LogP contribution in [0.5, 0.6) is 0 Å². The number of H-pyrrole nitrogens is 2. The van der Waals surface area contributed by atoms with Crippen LogP contribution in [0.3, 0.4) is 0 Å². The zero-order valence-corrected chi connectivity index (χ0v) is 36.3. The maximum Gasteiger partial charge on any atom is 0.407 e. The number of nitrogens with one attached hydrogen (secondary N) is 4. The second-order valence-electron chi connectivity index (χ2n) is 18.0. The molecule has 8 rings (SSSR count). The smallest absolute Gasteiger partial charge is 0.407 e. The minimum absolute atomic E-state index is 0.104. The molecule has 4 aromatic rings. The molecule has 4 N–H and O–H groups in total. The van der Waals surface area contributed by atoms with Gasteiger partial charge in [0.1, 0.15) is 23.7 Å². The molecule has 14 heteroatoms. The molecule has 4 amide bonds. The minimum Gasteiger partial charge on any atom is -0.453 e. The Balaban J connectivity index is 1.04. The molecule has 4 heterocycles. The molecule has 324 valence electrons. The van der Waals surface area contributed by atoms with Gasteiger partial charge in [-0.2, -0.15) is 0 Å². The van der Waals surface area contributed by atoms with Crippen molar-refractivity contribution < 1.29 is 28.7 Å². The number of amides is 4. The first-order chi connectivity index (χ1) is 29.4. The number of rotatable bonds is 11. The molecule has 2 aromatic carbocycles. The number of aromatic nitrogens is 4. The van der Waals surface area contributed by atoms with Crippen LogP contribution < -0.4 is 10.6 Å². The second kappa shape index (κ2) is 17.4. The molecule has 61 heavy (non-hydrogen) atoms. The van der Waals surface area contributed by atoms with Gasteiger partial charge in [-0.3, -0.25) is 9.59 Å². The Morgan fingerprint density at radius 3 is 1.69 bits per heavy atom. The van der Waals surface area contributed by atoms with Gasteiger partial charge in [-0.15, -0.1) is 0 Å². The Morgan fingerprint density at radius 1 is 0.672 bits per heavy atom. The molecule has 1 spiro atoms. The van der Waals surface area contributed by atoms with E-state index in [1.54, 1.807) is 0 Å². The third-order valence-corrected chi connectivity index (χ3v) is 13.7. The molecule has 1 saturated carbocycles. The summed E-state index contributed by atoms with van der Waals surface area (Å²) < 4.78 is 9.62. The number of benzene rings is 2. The number of aromatic amines is 2. The van der Waals surface area contributed by atoms with Gasteiger partial charge in [-0.1, -0.05) is 76.9 Å². The molecule has 2 saturated heterocycles. The average molecular weight is 833 g/mol. The second-order valence-corrected chi connectivity index (χ2v) is 18.0. The van der Waals surface area contributed by atoms with Gasteiger partial charge >= 0.3 is 12.2 Å². The van der Waals surface area contributed by atoms with Crippen molar-refractivity contribution in [3.05, 3.63) is 71.6 Å². The zero-order chi connectivity index (χ0) is 43.0. The number of alkyl carbamates (subject to hydrolysis) is 2. The molecule has 4 aliphatic rings. The predicted octanol–water partition coefficient (Wildman–Crippen LogP) is 7.98. The number of methoxy groups -OCH3 is 2. The van der Waals surface area contributed by atoms with Crippen LogP contribution in [-0.2, 0) is 30.9 Å². The molecule has 2 aromatic heterocycles. The van der Waals surface area contributed by atoms with E-state index in [1.807, 2.05) is 49.9 Å². The van der Waals surface area contributed by atoms with Gasteiger partial charge in [0.2, 0.25) is 11.8 Å². The summed E-state index contributed by atoms with van der Waals surface area (Å²) in [4.78, 5) is 72.2. The van der Waals surface area contributed by atoms with E-state index in [1.165, 1.54) is 62.2 Å². The lowest BCUT2D eigenvalue weighted by atomic mass is 9.77. The third kappa shape index (κ3) is 8.01. The molecular formula is C47H60N8O6. The highest BCUT2D eigenvalue weighted by molar-refractivity contribution is 5.87. The minimum atomic E-state index is -0.687. The fourth-order valence-corrected chi connectivity index (χ4v) is 10.6. The molecule has 2 aliphatic heterocycles. The summed E-state index contributed by atoms with van der Waals surface area (Å²) in [6.07, 6.45) is 12.8. The SMILES string of the molecule is COC(=O)NC(C(=O)N1CCCC1c1ncc(-c2ccc(-c3ccc(-c4cnc(C5CCCN5C(=O)C(NC(=O)OC)C(C)C)[nH]4)c4c3CCC43CCCC3)cc2)[nH]1)C(C)C. The Bertz CT molecular complexity index is 2260. The quantitative estimate of drug-likeness (QED) is 0.118. The standard InChI is InChI=1S/C47H60N8O6/c1-27(2)39(52-45(58)60-5)43(56)54-23-9-11-36(54)41-48-25-34(50-41)30-15-13-29(14-16-30)31-17-18-33(38-32(31)19-22-47(38)20-7-8-21-47)35-26-49-42(51-35)37-12-10-24-55(37)44(57)40(28(3)4)53-46(59)61-6/h13-18,25-28,36-37,39-40H,7-12,19-24H2,1-6H3,(H,48,50)(H,49,51)(H,52,58)(H,53,59). The van der Waals surface area contributed by atoms with Crippen LogP contribution in [-0.4, -0.2) is 93.1 Å². The molecule has 14 nitrogen and oxygen atoms in total. The van der Waals surface area contributed by atoms with Crippen LogP contribution in [0.25, 0.3) is 33.6 Å².